The Morgan fingerprint density at radius 3 is 2.66 bits per heavy atom. The largest absolute Gasteiger partial charge is 0.365 e. The SMILES string of the molecule is CCS(CC)(CC)COC1(C)CC/C=C(/F)CN2C(=O)C3CNC(SC)NC3N2C2CCCC1N2. The maximum absolute atomic E-state index is 15.2. The van der Waals surface area contributed by atoms with Crippen LogP contribution in [0.15, 0.2) is 11.9 Å². The number of piperidine rings is 1. The summed E-state index contributed by atoms with van der Waals surface area (Å²) < 4.78 is 22.1. The summed E-state index contributed by atoms with van der Waals surface area (Å²) in [5.74, 6) is 3.89. The molecule has 4 heterocycles. The highest BCUT2D eigenvalue weighted by molar-refractivity contribution is 8.33. The fraction of sp³-hybridized carbons (Fsp3) is 0.880. The zero-order valence-corrected chi connectivity index (χ0v) is 23.8. The summed E-state index contributed by atoms with van der Waals surface area (Å²) >= 11 is 1.69. The monoisotopic (exact) mass is 531 g/mol. The first-order chi connectivity index (χ1) is 16.8. The van der Waals surface area contributed by atoms with Crippen LogP contribution in [0.3, 0.4) is 0 Å². The Kier molecular flexibility index (Phi) is 9.15. The van der Waals surface area contributed by atoms with Gasteiger partial charge < -0.3 is 4.74 Å². The lowest BCUT2D eigenvalue weighted by Gasteiger charge is -2.49. The zero-order valence-electron chi connectivity index (χ0n) is 22.1. The van der Waals surface area contributed by atoms with Crippen molar-refractivity contribution in [2.75, 3.05) is 42.5 Å². The second kappa shape index (κ2) is 11.6. The molecular weight excluding hydrogens is 485 g/mol. The Hall–Kier alpha value is -0.360. The Labute approximate surface area is 217 Å². The molecule has 10 heteroatoms. The van der Waals surface area contributed by atoms with Gasteiger partial charge in [-0.3, -0.25) is 25.8 Å². The van der Waals surface area contributed by atoms with Crippen molar-refractivity contribution in [2.24, 2.45) is 5.92 Å². The van der Waals surface area contributed by atoms with Gasteiger partial charge in [0.05, 0.1) is 36.3 Å². The molecule has 35 heavy (non-hydrogen) atoms. The molecule has 0 radical (unpaired) electrons. The van der Waals surface area contributed by atoms with E-state index in [9.17, 15) is 4.79 Å². The van der Waals surface area contributed by atoms with Crippen LogP contribution in [0.4, 0.5) is 4.39 Å². The zero-order chi connectivity index (χ0) is 25.2. The van der Waals surface area contributed by atoms with Gasteiger partial charge in [-0.2, -0.15) is 5.01 Å². The number of carbonyl (C=O) groups is 1. The lowest BCUT2D eigenvalue weighted by atomic mass is 9.84. The topological polar surface area (TPSA) is 68.9 Å². The molecule has 3 N–H and O–H groups in total. The van der Waals surface area contributed by atoms with Crippen molar-refractivity contribution in [3.63, 3.8) is 0 Å². The fourth-order valence-electron chi connectivity index (χ4n) is 6.08. The molecule has 1 amide bonds. The minimum absolute atomic E-state index is 0.00232. The summed E-state index contributed by atoms with van der Waals surface area (Å²) in [6, 6.07) is 0.160. The maximum Gasteiger partial charge on any atom is 0.244 e. The Morgan fingerprint density at radius 2 is 1.97 bits per heavy atom. The van der Waals surface area contributed by atoms with Gasteiger partial charge in [-0.05, 0) is 62.5 Å². The van der Waals surface area contributed by atoms with Crippen LogP contribution in [0.1, 0.15) is 59.8 Å². The molecule has 7 nitrogen and oxygen atoms in total. The van der Waals surface area contributed by atoms with Gasteiger partial charge in [-0.1, -0.05) is 26.8 Å². The van der Waals surface area contributed by atoms with Gasteiger partial charge in [-0.15, -0.1) is 11.8 Å². The first-order valence-electron chi connectivity index (χ1n) is 13.4. The molecule has 0 spiro atoms. The summed E-state index contributed by atoms with van der Waals surface area (Å²) in [6.45, 7) is 9.72. The summed E-state index contributed by atoms with van der Waals surface area (Å²) in [4.78, 5) is 13.4. The van der Waals surface area contributed by atoms with Crippen LogP contribution in [0.5, 0.6) is 0 Å². The average Bonchev–Trinajstić information content (AvgIpc) is 3.14. The van der Waals surface area contributed by atoms with Crippen LogP contribution < -0.4 is 16.0 Å². The molecule has 0 aromatic rings. The van der Waals surface area contributed by atoms with Crippen LogP contribution in [0.2, 0.25) is 0 Å². The van der Waals surface area contributed by atoms with E-state index in [1.807, 2.05) is 0 Å². The molecule has 0 aromatic carbocycles. The second-order valence-corrected chi connectivity index (χ2v) is 15.9. The molecule has 3 fully saturated rings. The fourth-order valence-corrected chi connectivity index (χ4v) is 8.87. The number of fused-ring (bicyclic) bond motifs is 6. The minimum atomic E-state index is -0.799. The van der Waals surface area contributed by atoms with Crippen molar-refractivity contribution in [1.82, 2.24) is 26.0 Å². The van der Waals surface area contributed by atoms with Crippen molar-refractivity contribution in [3.05, 3.63) is 11.9 Å². The molecule has 4 rings (SSSR count). The van der Waals surface area contributed by atoms with Crippen LogP contribution in [0.25, 0.3) is 0 Å². The summed E-state index contributed by atoms with van der Waals surface area (Å²) in [7, 11) is -0.799. The minimum Gasteiger partial charge on any atom is -0.365 e. The molecule has 2 bridgehead atoms. The summed E-state index contributed by atoms with van der Waals surface area (Å²) in [5.41, 5.74) is -0.307. The lowest BCUT2D eigenvalue weighted by Crippen LogP contribution is -2.67. The number of hydrogen-bond donors (Lipinski definition) is 3. The van der Waals surface area contributed by atoms with E-state index < -0.39 is 10.0 Å². The number of nitrogens with one attached hydrogen (secondary N) is 3. The highest BCUT2D eigenvalue weighted by Crippen LogP contribution is 2.48. The Bertz CT molecular complexity index is 777. The van der Waals surface area contributed by atoms with E-state index in [-0.39, 0.29) is 53.7 Å². The molecule has 6 unspecified atom stereocenters. The van der Waals surface area contributed by atoms with E-state index in [0.29, 0.717) is 13.0 Å². The molecule has 4 aliphatic heterocycles. The standard InChI is InChI=1S/C25H46FN5O2S2/c1-6-35(7-2,8-3)17-33-25(4)14-10-11-18(26)16-30-23(32)19-15-27-24(34-5)29-22(19)31(30)21-13-9-12-20(25)28-21/h11,19-22,24,27-29H,6-10,12-17H2,1-5H3/b18-11+. The number of rotatable bonds is 7. The van der Waals surface area contributed by atoms with E-state index >= 15 is 4.39 Å². The Morgan fingerprint density at radius 1 is 1.23 bits per heavy atom. The van der Waals surface area contributed by atoms with Crippen molar-refractivity contribution >= 4 is 27.7 Å². The van der Waals surface area contributed by atoms with Gasteiger partial charge in [0, 0.05) is 12.6 Å². The van der Waals surface area contributed by atoms with E-state index in [4.69, 9.17) is 4.74 Å². The van der Waals surface area contributed by atoms with Crippen molar-refractivity contribution in [3.8, 4) is 0 Å². The number of nitrogens with zero attached hydrogens (tertiary/aromatic N) is 2. The van der Waals surface area contributed by atoms with Crippen LogP contribution in [-0.4, -0.2) is 87.9 Å². The predicted octanol–water partition coefficient (Wildman–Crippen LogP) is 3.54. The highest BCUT2D eigenvalue weighted by atomic mass is 32.3. The van der Waals surface area contributed by atoms with E-state index in [0.717, 1.165) is 31.6 Å². The number of thioether (sulfide) groups is 1. The van der Waals surface area contributed by atoms with Gasteiger partial charge in [0.25, 0.3) is 0 Å². The van der Waals surface area contributed by atoms with Crippen molar-refractivity contribution in [2.45, 2.75) is 89.3 Å². The van der Waals surface area contributed by atoms with Crippen LogP contribution in [0, 0.1) is 5.92 Å². The number of allylic oxidation sites excluding steroid dienone is 1. The van der Waals surface area contributed by atoms with Gasteiger partial charge in [-0.25, -0.2) is 14.4 Å². The van der Waals surface area contributed by atoms with Crippen molar-refractivity contribution in [1.29, 1.82) is 0 Å². The Balaban J connectivity index is 1.62. The second-order valence-electron chi connectivity index (χ2n) is 10.5. The molecule has 0 saturated carbocycles. The maximum atomic E-state index is 15.2. The first kappa shape index (κ1) is 27.7. The van der Waals surface area contributed by atoms with E-state index in [1.165, 1.54) is 17.3 Å². The van der Waals surface area contributed by atoms with Gasteiger partial charge in [0.1, 0.15) is 11.3 Å². The van der Waals surface area contributed by atoms with Gasteiger partial charge in [0.15, 0.2) is 0 Å². The molecule has 0 aliphatic carbocycles. The highest BCUT2D eigenvalue weighted by Gasteiger charge is 2.53. The molecule has 4 aliphatic rings. The van der Waals surface area contributed by atoms with Gasteiger partial charge >= 0.3 is 0 Å². The lowest BCUT2D eigenvalue weighted by molar-refractivity contribution is -0.148. The first-order valence-corrected chi connectivity index (χ1v) is 17.0. The van der Waals surface area contributed by atoms with Crippen molar-refractivity contribution < 1.29 is 13.9 Å². The third-order valence-corrected chi connectivity index (χ3v) is 13.9. The molecule has 202 valence electrons. The molecule has 0 aromatic heterocycles. The normalized spacial score (nSPS) is 38.8. The average molecular weight is 532 g/mol. The quantitative estimate of drug-likeness (QED) is 0.464. The van der Waals surface area contributed by atoms with Crippen LogP contribution in [-0.2, 0) is 9.53 Å². The number of ether oxygens (including phenoxy) is 1. The third-order valence-electron chi connectivity index (χ3n) is 8.80. The third kappa shape index (κ3) is 5.59. The number of carbonyl (C=O) groups excluding carboxylic acids is 1. The smallest absolute Gasteiger partial charge is 0.244 e. The number of hydrazine groups is 1. The van der Waals surface area contributed by atoms with Gasteiger partial charge in [0.2, 0.25) is 5.91 Å². The number of hydrogen-bond acceptors (Lipinski definition) is 7. The molecular formula is C25H46FN5O2S2. The number of halogens is 1. The van der Waals surface area contributed by atoms with E-state index in [1.54, 1.807) is 22.8 Å². The molecule has 3 saturated heterocycles. The van der Waals surface area contributed by atoms with Crippen LogP contribution >= 0.6 is 21.8 Å². The molecule has 6 atom stereocenters. The predicted molar refractivity (Wildman–Crippen MR) is 146 cm³/mol. The van der Waals surface area contributed by atoms with E-state index in [2.05, 4.69) is 54.9 Å². The summed E-state index contributed by atoms with van der Waals surface area (Å²) in [5, 5.41) is 14.7. The number of amides is 1. The summed E-state index contributed by atoms with van der Waals surface area (Å²) in [6.07, 6.45) is 7.96.